The standard InChI is InChI=1S/C10H11ClN2O/c1-6-10(14)13(2)9-7(11)4-3-5-8(9)12-6/h3-6,12H,1-2H3. The summed E-state index contributed by atoms with van der Waals surface area (Å²) in [4.78, 5) is 13.2. The molecule has 1 atom stereocenters. The highest BCUT2D eigenvalue weighted by molar-refractivity contribution is 6.35. The molecule has 1 amide bonds. The first kappa shape index (κ1) is 9.34. The van der Waals surface area contributed by atoms with Gasteiger partial charge in [0.1, 0.15) is 6.04 Å². The van der Waals surface area contributed by atoms with Crippen molar-refractivity contribution in [3.8, 4) is 0 Å². The number of carbonyl (C=O) groups is 1. The van der Waals surface area contributed by atoms with Crippen molar-refractivity contribution in [2.75, 3.05) is 17.3 Å². The van der Waals surface area contributed by atoms with Gasteiger partial charge in [0, 0.05) is 7.05 Å². The van der Waals surface area contributed by atoms with E-state index in [9.17, 15) is 4.79 Å². The first-order valence-electron chi connectivity index (χ1n) is 4.44. The van der Waals surface area contributed by atoms with Gasteiger partial charge in [-0.3, -0.25) is 4.79 Å². The van der Waals surface area contributed by atoms with E-state index in [1.54, 1.807) is 18.0 Å². The number of fused-ring (bicyclic) bond motifs is 1. The van der Waals surface area contributed by atoms with Gasteiger partial charge in [0.25, 0.3) is 0 Å². The minimum atomic E-state index is -0.189. The van der Waals surface area contributed by atoms with Gasteiger partial charge in [-0.25, -0.2) is 0 Å². The maximum absolute atomic E-state index is 11.6. The van der Waals surface area contributed by atoms with Crippen LogP contribution in [0.4, 0.5) is 11.4 Å². The number of hydrogen-bond donors (Lipinski definition) is 1. The largest absolute Gasteiger partial charge is 0.372 e. The molecule has 0 aromatic heterocycles. The van der Waals surface area contributed by atoms with Crippen molar-refractivity contribution >= 4 is 28.9 Å². The van der Waals surface area contributed by atoms with Gasteiger partial charge in [-0.15, -0.1) is 0 Å². The lowest BCUT2D eigenvalue weighted by Gasteiger charge is -2.31. The molecule has 1 N–H and O–H groups in total. The summed E-state index contributed by atoms with van der Waals surface area (Å²) in [6.07, 6.45) is 0. The zero-order valence-electron chi connectivity index (χ0n) is 8.04. The van der Waals surface area contributed by atoms with Gasteiger partial charge in [0.05, 0.1) is 16.4 Å². The molecule has 0 saturated heterocycles. The van der Waals surface area contributed by atoms with Crippen molar-refractivity contribution in [1.82, 2.24) is 0 Å². The monoisotopic (exact) mass is 210 g/mol. The number of para-hydroxylation sites is 1. The summed E-state index contributed by atoms with van der Waals surface area (Å²) < 4.78 is 0. The Morgan fingerprint density at radius 2 is 2.21 bits per heavy atom. The number of rotatable bonds is 0. The zero-order chi connectivity index (χ0) is 10.3. The van der Waals surface area contributed by atoms with Crippen LogP contribution >= 0.6 is 11.6 Å². The number of likely N-dealkylation sites (N-methyl/N-ethyl adjacent to an activating group) is 1. The highest BCUT2D eigenvalue weighted by atomic mass is 35.5. The molecular weight excluding hydrogens is 200 g/mol. The number of amides is 1. The third-order valence-corrected chi connectivity index (χ3v) is 2.70. The highest BCUT2D eigenvalue weighted by Gasteiger charge is 2.28. The molecule has 14 heavy (non-hydrogen) atoms. The summed E-state index contributed by atoms with van der Waals surface area (Å²) in [5.74, 6) is 0.0330. The predicted molar refractivity (Wildman–Crippen MR) is 57.9 cm³/mol. The average Bonchev–Trinajstić information content (AvgIpc) is 2.14. The quantitative estimate of drug-likeness (QED) is 0.712. The molecule has 3 nitrogen and oxygen atoms in total. The molecule has 1 aromatic rings. The summed E-state index contributed by atoms with van der Waals surface area (Å²) in [7, 11) is 1.74. The Labute approximate surface area is 87.7 Å². The number of nitrogens with zero attached hydrogens (tertiary/aromatic N) is 1. The van der Waals surface area contributed by atoms with Crippen LogP contribution in [0.1, 0.15) is 6.92 Å². The Morgan fingerprint density at radius 1 is 1.50 bits per heavy atom. The predicted octanol–water partition coefficient (Wildman–Crippen LogP) is 2.12. The third kappa shape index (κ3) is 1.24. The second-order valence-corrected chi connectivity index (χ2v) is 3.81. The van der Waals surface area contributed by atoms with Gasteiger partial charge in [-0.2, -0.15) is 0 Å². The van der Waals surface area contributed by atoms with Crippen molar-refractivity contribution in [3.05, 3.63) is 23.2 Å². The van der Waals surface area contributed by atoms with Crippen LogP contribution in [0.2, 0.25) is 5.02 Å². The average molecular weight is 211 g/mol. The molecule has 1 aliphatic heterocycles. The zero-order valence-corrected chi connectivity index (χ0v) is 8.80. The molecule has 0 aliphatic carbocycles. The van der Waals surface area contributed by atoms with Crippen molar-refractivity contribution in [1.29, 1.82) is 0 Å². The third-order valence-electron chi connectivity index (χ3n) is 2.40. The van der Waals surface area contributed by atoms with Crippen molar-refractivity contribution in [3.63, 3.8) is 0 Å². The van der Waals surface area contributed by atoms with Gasteiger partial charge >= 0.3 is 0 Å². The molecule has 4 heteroatoms. The molecule has 1 heterocycles. The second kappa shape index (κ2) is 3.17. The van der Waals surface area contributed by atoms with Gasteiger partial charge in [-0.1, -0.05) is 17.7 Å². The first-order chi connectivity index (χ1) is 6.61. The van der Waals surface area contributed by atoms with Crippen molar-refractivity contribution in [2.45, 2.75) is 13.0 Å². The second-order valence-electron chi connectivity index (χ2n) is 3.40. The lowest BCUT2D eigenvalue weighted by atomic mass is 10.1. The van der Waals surface area contributed by atoms with Gasteiger partial charge in [-0.05, 0) is 19.1 Å². The normalized spacial score (nSPS) is 20.4. The maximum Gasteiger partial charge on any atom is 0.249 e. The van der Waals surface area contributed by atoms with Crippen LogP contribution in [-0.2, 0) is 4.79 Å². The van der Waals surface area contributed by atoms with Crippen LogP contribution < -0.4 is 10.2 Å². The Kier molecular flexibility index (Phi) is 2.11. The number of benzene rings is 1. The van der Waals surface area contributed by atoms with E-state index >= 15 is 0 Å². The summed E-state index contributed by atoms with van der Waals surface area (Å²) in [5, 5.41) is 3.70. The molecule has 1 unspecified atom stereocenters. The number of hydrogen-bond acceptors (Lipinski definition) is 2. The molecule has 0 saturated carbocycles. The van der Waals surface area contributed by atoms with E-state index in [0.29, 0.717) is 5.02 Å². The van der Waals surface area contributed by atoms with E-state index in [2.05, 4.69) is 5.32 Å². The lowest BCUT2D eigenvalue weighted by Crippen LogP contribution is -2.43. The highest BCUT2D eigenvalue weighted by Crippen LogP contribution is 2.36. The smallest absolute Gasteiger partial charge is 0.249 e. The van der Waals surface area contributed by atoms with E-state index in [-0.39, 0.29) is 11.9 Å². The van der Waals surface area contributed by atoms with Crippen LogP contribution in [0.15, 0.2) is 18.2 Å². The molecule has 0 radical (unpaired) electrons. The molecule has 0 fully saturated rings. The first-order valence-corrected chi connectivity index (χ1v) is 4.81. The van der Waals surface area contributed by atoms with Crippen LogP contribution in [0.5, 0.6) is 0 Å². The van der Waals surface area contributed by atoms with E-state index in [0.717, 1.165) is 11.4 Å². The SMILES string of the molecule is CC1Nc2cccc(Cl)c2N(C)C1=O. The van der Waals surface area contributed by atoms with Crippen LogP contribution in [0.25, 0.3) is 0 Å². The van der Waals surface area contributed by atoms with E-state index in [1.165, 1.54) is 0 Å². The molecule has 74 valence electrons. The number of anilines is 2. The van der Waals surface area contributed by atoms with Gasteiger partial charge in [0.15, 0.2) is 0 Å². The fourth-order valence-corrected chi connectivity index (χ4v) is 1.97. The summed E-state index contributed by atoms with van der Waals surface area (Å²) in [5.41, 5.74) is 1.67. The van der Waals surface area contributed by atoms with Gasteiger partial charge in [0.2, 0.25) is 5.91 Å². The van der Waals surface area contributed by atoms with Crippen molar-refractivity contribution in [2.24, 2.45) is 0 Å². The summed E-state index contributed by atoms with van der Waals surface area (Å²) in [6, 6.07) is 5.37. The van der Waals surface area contributed by atoms with E-state index in [4.69, 9.17) is 11.6 Å². The molecule has 0 bridgehead atoms. The van der Waals surface area contributed by atoms with Gasteiger partial charge < -0.3 is 10.2 Å². The Morgan fingerprint density at radius 3 is 2.93 bits per heavy atom. The molecule has 1 aliphatic rings. The fourth-order valence-electron chi connectivity index (χ4n) is 1.67. The molecule has 2 rings (SSSR count). The van der Waals surface area contributed by atoms with E-state index in [1.807, 2.05) is 19.1 Å². The fraction of sp³-hybridized carbons (Fsp3) is 0.300. The Balaban J connectivity index is 2.56. The summed E-state index contributed by atoms with van der Waals surface area (Å²) >= 11 is 6.02. The Hall–Kier alpha value is -1.22. The minimum Gasteiger partial charge on any atom is -0.372 e. The van der Waals surface area contributed by atoms with Crippen LogP contribution in [0, 0.1) is 0 Å². The van der Waals surface area contributed by atoms with Crippen LogP contribution in [0.3, 0.4) is 0 Å². The number of carbonyl (C=O) groups excluding carboxylic acids is 1. The van der Waals surface area contributed by atoms with Crippen molar-refractivity contribution < 1.29 is 4.79 Å². The Bertz CT molecular complexity index is 392. The minimum absolute atomic E-state index is 0.0330. The number of nitrogens with one attached hydrogen (secondary N) is 1. The molecule has 1 aromatic carbocycles. The van der Waals surface area contributed by atoms with E-state index < -0.39 is 0 Å². The topological polar surface area (TPSA) is 32.3 Å². The summed E-state index contributed by atoms with van der Waals surface area (Å²) in [6.45, 7) is 1.84. The molecule has 0 spiro atoms. The maximum atomic E-state index is 11.6. The molecular formula is C10H11ClN2O. The lowest BCUT2D eigenvalue weighted by molar-refractivity contribution is -0.118. The number of halogens is 1. The van der Waals surface area contributed by atoms with Crippen LogP contribution in [-0.4, -0.2) is 19.0 Å².